The summed E-state index contributed by atoms with van der Waals surface area (Å²) in [7, 11) is -0.715. The molecule has 1 aliphatic rings. The Bertz CT molecular complexity index is 1660. The quantitative estimate of drug-likeness (QED) is 0.268. The average Bonchev–Trinajstić information content (AvgIpc) is 3.20. The maximum Gasteiger partial charge on any atom is 0.0979 e. The van der Waals surface area contributed by atoms with E-state index >= 15 is 0 Å². The van der Waals surface area contributed by atoms with Crippen LogP contribution in [0.4, 0.5) is 0 Å². The lowest BCUT2D eigenvalue weighted by molar-refractivity contribution is 1.32. The van der Waals surface area contributed by atoms with Crippen molar-refractivity contribution >= 4 is 45.6 Å². The fraction of sp³-hybridized carbons (Fsp3) is 0.0625. The van der Waals surface area contributed by atoms with Crippen LogP contribution in [0.25, 0.3) is 44.3 Å². The van der Waals surface area contributed by atoms with Crippen LogP contribution in [0.5, 0.6) is 0 Å². The van der Waals surface area contributed by atoms with E-state index in [9.17, 15) is 0 Å². The van der Waals surface area contributed by atoms with Crippen molar-refractivity contribution in [1.82, 2.24) is 9.97 Å². The summed E-state index contributed by atoms with van der Waals surface area (Å²) in [5.41, 5.74) is 8.83. The van der Waals surface area contributed by atoms with E-state index < -0.39 is 7.92 Å². The summed E-state index contributed by atoms with van der Waals surface area (Å²) in [5.74, 6) is 0. The van der Waals surface area contributed by atoms with Crippen LogP contribution in [0.2, 0.25) is 0 Å². The minimum atomic E-state index is -0.715. The molecular weight excluding hydrogens is 443 g/mol. The third-order valence-electron chi connectivity index (χ3n) is 6.92. The molecule has 35 heavy (non-hydrogen) atoms. The second-order valence-corrected chi connectivity index (χ2v) is 11.5. The van der Waals surface area contributed by atoms with Crippen LogP contribution in [0.3, 0.4) is 0 Å². The van der Waals surface area contributed by atoms with Gasteiger partial charge in [-0.3, -0.25) is 0 Å². The van der Waals surface area contributed by atoms with Gasteiger partial charge in [-0.25, -0.2) is 9.97 Å². The van der Waals surface area contributed by atoms with Gasteiger partial charge in [-0.2, -0.15) is 0 Å². The van der Waals surface area contributed by atoms with Crippen molar-refractivity contribution in [3.05, 3.63) is 114 Å². The zero-order valence-electron chi connectivity index (χ0n) is 19.7. The van der Waals surface area contributed by atoms with Gasteiger partial charge in [-0.05, 0) is 55.2 Å². The van der Waals surface area contributed by atoms with Crippen LogP contribution in [0.1, 0.15) is 11.1 Å². The van der Waals surface area contributed by atoms with Crippen molar-refractivity contribution in [3.8, 4) is 22.5 Å². The topological polar surface area (TPSA) is 25.8 Å². The number of rotatable bonds is 3. The average molecular weight is 467 g/mol. The maximum atomic E-state index is 5.05. The lowest BCUT2D eigenvalue weighted by atomic mass is 10.0. The fourth-order valence-electron chi connectivity index (χ4n) is 5.17. The van der Waals surface area contributed by atoms with Crippen molar-refractivity contribution in [3.63, 3.8) is 0 Å². The Balaban J connectivity index is 1.50. The van der Waals surface area contributed by atoms with Crippen molar-refractivity contribution in [2.24, 2.45) is 0 Å². The molecule has 2 nitrogen and oxygen atoms in total. The second kappa shape index (κ2) is 7.83. The normalized spacial score (nSPS) is 12.0. The van der Waals surface area contributed by atoms with Crippen molar-refractivity contribution in [2.45, 2.75) is 13.8 Å². The molecular formula is C32H23N2P. The molecule has 0 fully saturated rings. The zero-order valence-corrected chi connectivity index (χ0v) is 20.6. The summed E-state index contributed by atoms with van der Waals surface area (Å²) in [6, 6.07) is 37.5. The molecule has 6 aromatic rings. The molecule has 0 aliphatic heterocycles. The van der Waals surface area contributed by atoms with Crippen LogP contribution in [0.15, 0.2) is 103 Å². The molecule has 0 saturated carbocycles. The molecule has 0 spiro atoms. The van der Waals surface area contributed by atoms with Crippen LogP contribution < -0.4 is 15.9 Å². The molecule has 5 aromatic carbocycles. The molecule has 0 N–H and O–H groups in total. The molecule has 1 heterocycles. The van der Waals surface area contributed by atoms with E-state index in [-0.39, 0.29) is 0 Å². The van der Waals surface area contributed by atoms with Crippen LogP contribution >= 0.6 is 7.92 Å². The molecule has 0 unspecified atom stereocenters. The van der Waals surface area contributed by atoms with Gasteiger partial charge >= 0.3 is 0 Å². The first kappa shape index (κ1) is 20.5. The molecule has 3 heteroatoms. The van der Waals surface area contributed by atoms with E-state index in [1.165, 1.54) is 48.9 Å². The van der Waals surface area contributed by atoms with Crippen molar-refractivity contribution in [2.75, 3.05) is 0 Å². The number of benzene rings is 5. The third-order valence-corrected chi connectivity index (χ3v) is 9.42. The lowest BCUT2D eigenvalue weighted by Gasteiger charge is -2.22. The Labute approximate surface area is 206 Å². The van der Waals surface area contributed by atoms with Gasteiger partial charge in [-0.1, -0.05) is 102 Å². The van der Waals surface area contributed by atoms with Crippen LogP contribution in [0, 0.1) is 13.8 Å². The molecule has 1 aromatic heterocycles. The summed E-state index contributed by atoms with van der Waals surface area (Å²) < 4.78 is 0. The van der Waals surface area contributed by atoms with Crippen molar-refractivity contribution in [1.29, 1.82) is 0 Å². The van der Waals surface area contributed by atoms with Gasteiger partial charge < -0.3 is 0 Å². The molecule has 7 rings (SSSR count). The van der Waals surface area contributed by atoms with Crippen molar-refractivity contribution < 1.29 is 0 Å². The highest BCUT2D eigenvalue weighted by molar-refractivity contribution is 7.80. The molecule has 1 aliphatic carbocycles. The highest BCUT2D eigenvalue weighted by Gasteiger charge is 2.28. The first-order valence-electron chi connectivity index (χ1n) is 11.9. The molecule has 0 saturated heterocycles. The molecule has 0 radical (unpaired) electrons. The Hall–Kier alpha value is -3.87. The Morgan fingerprint density at radius 3 is 1.63 bits per heavy atom. The Kier molecular flexibility index (Phi) is 4.59. The van der Waals surface area contributed by atoms with Crippen LogP contribution in [-0.2, 0) is 0 Å². The minimum absolute atomic E-state index is 0.715. The summed E-state index contributed by atoms with van der Waals surface area (Å²) in [6.07, 6.45) is 0. The minimum Gasteiger partial charge on any atom is -0.244 e. The van der Waals surface area contributed by atoms with Gasteiger partial charge in [0.05, 0.1) is 22.4 Å². The second-order valence-electron chi connectivity index (χ2n) is 9.28. The standard InChI is InChI=1S/C32H23N2P/c1-20-10-14-22(15-11-20)35(23-16-12-21(2)13-17-23)29-19-18-26-30-24(29)6-5-7-25(30)31-32(26)34-28-9-4-3-8-27(28)33-31/h3-19H,1-2H3. The lowest BCUT2D eigenvalue weighted by Crippen LogP contribution is -2.21. The molecule has 0 bridgehead atoms. The van der Waals surface area contributed by atoms with E-state index in [0.717, 1.165) is 22.4 Å². The van der Waals surface area contributed by atoms with Gasteiger partial charge in [0.15, 0.2) is 0 Å². The number of hydrogen-bond donors (Lipinski definition) is 0. The highest BCUT2D eigenvalue weighted by Crippen LogP contribution is 2.47. The van der Waals surface area contributed by atoms with E-state index in [2.05, 4.69) is 92.7 Å². The first-order valence-corrected chi connectivity index (χ1v) is 13.3. The number of hydrogen-bond acceptors (Lipinski definition) is 2. The summed E-state index contributed by atoms with van der Waals surface area (Å²) in [5, 5.41) is 6.70. The predicted molar refractivity (Wildman–Crippen MR) is 150 cm³/mol. The number of para-hydroxylation sites is 2. The first-order chi connectivity index (χ1) is 17.2. The van der Waals surface area contributed by atoms with Crippen LogP contribution in [-0.4, -0.2) is 9.97 Å². The predicted octanol–water partition coefficient (Wildman–Crippen LogP) is 6.81. The summed E-state index contributed by atoms with van der Waals surface area (Å²) in [4.78, 5) is 10.1. The van der Waals surface area contributed by atoms with E-state index in [1.54, 1.807) is 0 Å². The van der Waals surface area contributed by atoms with Gasteiger partial charge in [0, 0.05) is 16.5 Å². The summed E-state index contributed by atoms with van der Waals surface area (Å²) >= 11 is 0. The SMILES string of the molecule is Cc1ccc(P(c2ccc(C)cc2)c2ccc3c4c(cccc24)-c2nc4ccccc4nc2-3)cc1. The number of fused-ring (bicyclic) bond motifs is 4. The largest absolute Gasteiger partial charge is 0.244 e. The van der Waals surface area contributed by atoms with Gasteiger partial charge in [0.1, 0.15) is 0 Å². The highest BCUT2D eigenvalue weighted by atomic mass is 31.1. The van der Waals surface area contributed by atoms with Gasteiger partial charge in [0.2, 0.25) is 0 Å². The summed E-state index contributed by atoms with van der Waals surface area (Å²) in [6.45, 7) is 4.30. The van der Waals surface area contributed by atoms with E-state index in [1.807, 2.05) is 24.3 Å². The molecule has 0 atom stereocenters. The van der Waals surface area contributed by atoms with Gasteiger partial charge in [0.25, 0.3) is 0 Å². The maximum absolute atomic E-state index is 5.05. The van der Waals surface area contributed by atoms with Gasteiger partial charge in [-0.15, -0.1) is 0 Å². The smallest absolute Gasteiger partial charge is 0.0979 e. The zero-order chi connectivity index (χ0) is 23.5. The third kappa shape index (κ3) is 3.21. The number of aryl methyl sites for hydroxylation is 2. The molecule has 0 amide bonds. The Morgan fingerprint density at radius 2 is 1.06 bits per heavy atom. The van der Waals surface area contributed by atoms with E-state index in [0.29, 0.717) is 0 Å². The monoisotopic (exact) mass is 466 g/mol. The number of aromatic nitrogens is 2. The number of nitrogens with zero attached hydrogens (tertiary/aromatic N) is 2. The van der Waals surface area contributed by atoms with E-state index in [4.69, 9.17) is 9.97 Å². The Morgan fingerprint density at radius 1 is 0.514 bits per heavy atom. The molecule has 166 valence electrons. The fourth-order valence-corrected chi connectivity index (χ4v) is 7.57.